The molecule has 1 saturated heterocycles. The molecule has 0 aromatic rings. The fourth-order valence-corrected chi connectivity index (χ4v) is 2.05. The van der Waals surface area contributed by atoms with Crippen LogP contribution in [0.5, 0.6) is 0 Å². The first kappa shape index (κ1) is 13.9. The number of alkyl halides is 2. The first-order valence-corrected chi connectivity index (χ1v) is 5.11. The molecule has 0 radical (unpaired) electrons. The summed E-state index contributed by atoms with van der Waals surface area (Å²) in [5.74, 6) is 1.15. The quantitative estimate of drug-likeness (QED) is 0.799. The first-order chi connectivity index (χ1) is 6.11. The van der Waals surface area contributed by atoms with Gasteiger partial charge in [-0.2, -0.15) is 0 Å². The minimum Gasteiger partial charge on any atom is -0.339 e. The number of rotatable bonds is 3. The Kier molecular flexibility index (Phi) is 6.39. The fraction of sp³-hybridized carbons (Fsp3) is 0.857. The van der Waals surface area contributed by atoms with Crippen molar-refractivity contribution in [3.8, 4) is 0 Å². The number of carbonyl (C=O) groups is 1. The molecule has 0 unspecified atom stereocenters. The number of likely N-dealkylation sites (N-methyl/N-ethyl adjacent to an activating group) is 1. The van der Waals surface area contributed by atoms with Gasteiger partial charge in [0.25, 0.3) is 6.43 Å². The molecule has 1 N–H and O–H groups in total. The zero-order valence-electron chi connectivity index (χ0n) is 7.70. The Bertz CT molecular complexity index is 191. The van der Waals surface area contributed by atoms with E-state index in [0.29, 0.717) is 5.75 Å². The first-order valence-electron chi connectivity index (χ1n) is 3.95. The second kappa shape index (κ2) is 6.42. The van der Waals surface area contributed by atoms with E-state index in [0.717, 1.165) is 10.8 Å². The summed E-state index contributed by atoms with van der Waals surface area (Å²) in [5, 5.41) is 2.94. The van der Waals surface area contributed by atoms with Crippen molar-refractivity contribution in [2.45, 2.75) is 12.5 Å². The minimum absolute atomic E-state index is 0. The molecule has 1 amide bonds. The highest BCUT2D eigenvalue weighted by atomic mass is 35.5. The highest BCUT2D eigenvalue weighted by molar-refractivity contribution is 7.99. The number of hydrogen-bond donors (Lipinski definition) is 1. The highest BCUT2D eigenvalue weighted by Gasteiger charge is 2.26. The van der Waals surface area contributed by atoms with E-state index in [1.807, 2.05) is 0 Å². The molecule has 0 aliphatic carbocycles. The molecule has 14 heavy (non-hydrogen) atoms. The lowest BCUT2D eigenvalue weighted by Gasteiger charge is -2.19. The van der Waals surface area contributed by atoms with Gasteiger partial charge in [-0.3, -0.25) is 10.1 Å². The molecule has 1 atom stereocenters. The molecule has 7 heteroatoms. The minimum atomic E-state index is -2.46. The van der Waals surface area contributed by atoms with E-state index in [2.05, 4.69) is 5.32 Å². The summed E-state index contributed by atoms with van der Waals surface area (Å²) < 4.78 is 23.8. The molecule has 0 bridgehead atoms. The number of carbonyl (C=O) groups excluding carboxylic acids is 1. The second-order valence-corrected chi connectivity index (χ2v) is 3.91. The van der Waals surface area contributed by atoms with Crippen molar-refractivity contribution in [1.82, 2.24) is 10.2 Å². The van der Waals surface area contributed by atoms with Gasteiger partial charge in [-0.05, 0) is 0 Å². The summed E-state index contributed by atoms with van der Waals surface area (Å²) in [5.41, 5.74) is 0. The predicted octanol–water partition coefficient (Wildman–Crippen LogP) is 0.794. The van der Waals surface area contributed by atoms with Gasteiger partial charge < -0.3 is 4.90 Å². The van der Waals surface area contributed by atoms with E-state index in [9.17, 15) is 13.6 Å². The fourth-order valence-electron chi connectivity index (χ4n) is 1.12. The third-order valence-corrected chi connectivity index (χ3v) is 2.74. The van der Waals surface area contributed by atoms with Crippen molar-refractivity contribution in [2.75, 3.05) is 25.2 Å². The lowest BCUT2D eigenvalue weighted by molar-refractivity contribution is -0.133. The number of amides is 1. The maximum absolute atomic E-state index is 11.9. The van der Waals surface area contributed by atoms with Crippen LogP contribution >= 0.6 is 24.2 Å². The predicted molar refractivity (Wildman–Crippen MR) is 55.1 cm³/mol. The van der Waals surface area contributed by atoms with Crippen LogP contribution < -0.4 is 5.32 Å². The van der Waals surface area contributed by atoms with Crippen LogP contribution in [0.2, 0.25) is 0 Å². The average Bonchev–Trinajstić information content (AvgIpc) is 2.53. The Morgan fingerprint density at radius 2 is 2.36 bits per heavy atom. The van der Waals surface area contributed by atoms with Gasteiger partial charge in [-0.25, -0.2) is 8.78 Å². The number of nitrogens with zero attached hydrogens (tertiary/aromatic N) is 1. The number of thioether (sulfide) groups is 1. The molecular weight excluding hydrogens is 234 g/mol. The Balaban J connectivity index is 0.00000169. The van der Waals surface area contributed by atoms with Gasteiger partial charge in [0.1, 0.15) is 0 Å². The van der Waals surface area contributed by atoms with Gasteiger partial charge in [0.05, 0.1) is 12.6 Å². The Hall–Kier alpha value is -0.0700. The van der Waals surface area contributed by atoms with Gasteiger partial charge in [-0.1, -0.05) is 0 Å². The molecule has 0 aromatic heterocycles. The summed E-state index contributed by atoms with van der Waals surface area (Å²) in [4.78, 5) is 12.5. The van der Waals surface area contributed by atoms with Gasteiger partial charge in [0.2, 0.25) is 5.91 Å². The van der Waals surface area contributed by atoms with Crippen LogP contribution in [0, 0.1) is 0 Å². The Morgan fingerprint density at radius 1 is 1.71 bits per heavy atom. The van der Waals surface area contributed by atoms with Crippen LogP contribution in [-0.2, 0) is 4.79 Å². The van der Waals surface area contributed by atoms with Crippen LogP contribution in [0.3, 0.4) is 0 Å². The van der Waals surface area contributed by atoms with Gasteiger partial charge in [0, 0.05) is 18.7 Å². The van der Waals surface area contributed by atoms with Crippen LogP contribution in [0.15, 0.2) is 0 Å². The standard InChI is InChI=1S/C7H12F2N2OS.ClH/c1-11(2-6(8)9)7(12)5-3-13-4-10-5;/h5-6,10H,2-4H2,1H3;1H/t5-;/m1./s1. The van der Waals surface area contributed by atoms with E-state index < -0.39 is 13.0 Å². The molecule has 84 valence electrons. The summed E-state index contributed by atoms with van der Waals surface area (Å²) in [6, 6.07) is -0.284. The molecule has 1 fully saturated rings. The van der Waals surface area contributed by atoms with E-state index in [4.69, 9.17) is 0 Å². The van der Waals surface area contributed by atoms with E-state index in [-0.39, 0.29) is 24.4 Å². The highest BCUT2D eigenvalue weighted by Crippen LogP contribution is 2.11. The van der Waals surface area contributed by atoms with Gasteiger partial charge in [0.15, 0.2) is 0 Å². The summed E-state index contributed by atoms with van der Waals surface area (Å²) in [7, 11) is 1.40. The summed E-state index contributed by atoms with van der Waals surface area (Å²) in [6.45, 7) is -0.484. The van der Waals surface area contributed by atoms with Crippen molar-refractivity contribution >= 4 is 30.1 Å². The zero-order valence-corrected chi connectivity index (χ0v) is 9.34. The molecule has 1 rings (SSSR count). The Morgan fingerprint density at radius 3 is 2.79 bits per heavy atom. The lowest BCUT2D eigenvalue weighted by Crippen LogP contribution is -2.44. The van der Waals surface area contributed by atoms with Crippen molar-refractivity contribution < 1.29 is 13.6 Å². The number of hydrogen-bond acceptors (Lipinski definition) is 3. The van der Waals surface area contributed by atoms with Crippen LogP contribution in [0.25, 0.3) is 0 Å². The van der Waals surface area contributed by atoms with Gasteiger partial charge >= 0.3 is 0 Å². The largest absolute Gasteiger partial charge is 0.339 e. The normalized spacial score (nSPS) is 20.7. The summed E-state index contributed by atoms with van der Waals surface area (Å²) >= 11 is 1.60. The smallest absolute Gasteiger partial charge is 0.255 e. The van der Waals surface area contributed by atoms with Crippen molar-refractivity contribution in [3.05, 3.63) is 0 Å². The maximum Gasteiger partial charge on any atom is 0.255 e. The van der Waals surface area contributed by atoms with Crippen molar-refractivity contribution in [2.24, 2.45) is 0 Å². The third kappa shape index (κ3) is 3.98. The zero-order chi connectivity index (χ0) is 9.84. The SMILES string of the molecule is CN(CC(F)F)C(=O)[C@H]1CSCN1.Cl. The average molecular weight is 247 g/mol. The van der Waals surface area contributed by atoms with Crippen LogP contribution in [-0.4, -0.2) is 48.5 Å². The molecular formula is C7H13ClF2N2OS. The maximum atomic E-state index is 11.9. The molecule has 3 nitrogen and oxygen atoms in total. The lowest BCUT2D eigenvalue weighted by atomic mass is 10.3. The summed E-state index contributed by atoms with van der Waals surface area (Å²) in [6.07, 6.45) is -2.46. The Labute approximate surface area is 92.0 Å². The van der Waals surface area contributed by atoms with Gasteiger partial charge in [-0.15, -0.1) is 24.2 Å². The molecule has 1 aliphatic rings. The molecule has 0 spiro atoms. The monoisotopic (exact) mass is 246 g/mol. The molecule has 1 aliphatic heterocycles. The van der Waals surface area contributed by atoms with E-state index in [1.165, 1.54) is 7.05 Å². The van der Waals surface area contributed by atoms with Crippen LogP contribution in [0.4, 0.5) is 8.78 Å². The van der Waals surface area contributed by atoms with E-state index in [1.54, 1.807) is 11.8 Å². The topological polar surface area (TPSA) is 32.3 Å². The molecule has 0 saturated carbocycles. The second-order valence-electron chi connectivity index (χ2n) is 2.88. The number of nitrogens with one attached hydrogen (secondary N) is 1. The third-order valence-electron chi connectivity index (χ3n) is 1.80. The van der Waals surface area contributed by atoms with Crippen LogP contribution in [0.1, 0.15) is 0 Å². The number of halogens is 3. The molecule has 0 aromatic carbocycles. The van der Waals surface area contributed by atoms with Crippen molar-refractivity contribution in [3.63, 3.8) is 0 Å². The van der Waals surface area contributed by atoms with E-state index >= 15 is 0 Å². The van der Waals surface area contributed by atoms with Crippen molar-refractivity contribution in [1.29, 1.82) is 0 Å². The molecule has 1 heterocycles.